The minimum absolute atomic E-state index is 0.0343. The largest absolute Gasteiger partial charge is 0.493 e. The van der Waals surface area contributed by atoms with Gasteiger partial charge in [0.15, 0.2) is 46.1 Å². The van der Waals surface area contributed by atoms with Crippen LogP contribution in [0.1, 0.15) is 86.5 Å². The number of carbonyl (C=O) groups excluding carboxylic acids is 4. The molecule has 2 fully saturated rings. The lowest BCUT2D eigenvalue weighted by molar-refractivity contribution is -0.136. The minimum Gasteiger partial charge on any atom is -0.493 e. The third-order valence-electron chi connectivity index (χ3n) is 14.3. The van der Waals surface area contributed by atoms with Crippen LogP contribution in [0.2, 0.25) is 0 Å². The Hall–Kier alpha value is -4.68. The summed E-state index contributed by atoms with van der Waals surface area (Å²) in [5.41, 5.74) is 2.97. The lowest BCUT2D eigenvalue weighted by Crippen LogP contribution is -2.60. The number of carbonyl (C=O) groups is 4. The standard InChI is InChI=1S/C46H56N2O10/c1-47-19-17-45-25-33(49)37(55-5)23-29(45)31(47)21-27-13-15-35(53-3)43(41(27)45)57-39(51)11-9-7-8-10-12-40(52)58-44-36(54-4)16-14-28-22-32-30-24-38(56-6)34(50)26-46(30,42(28)44)18-20-48(32)2/h13-16,23-24,29-32H,7-12,17-22,25-26H2,1-6H3/t29-,30-,31+,32+,45-,46-/m1/s1. The van der Waals surface area contributed by atoms with E-state index in [1.165, 1.54) is 0 Å². The van der Waals surface area contributed by atoms with E-state index in [-0.39, 0.29) is 60.3 Å². The summed E-state index contributed by atoms with van der Waals surface area (Å²) in [5, 5.41) is 0. The van der Waals surface area contributed by atoms with Crippen molar-refractivity contribution in [1.29, 1.82) is 0 Å². The van der Waals surface area contributed by atoms with Gasteiger partial charge in [-0.2, -0.15) is 0 Å². The van der Waals surface area contributed by atoms with Gasteiger partial charge in [-0.25, -0.2) is 0 Å². The molecule has 2 aliphatic heterocycles. The number of ketones is 2. The van der Waals surface area contributed by atoms with E-state index in [4.69, 9.17) is 28.4 Å². The summed E-state index contributed by atoms with van der Waals surface area (Å²) in [6, 6.07) is 8.23. The molecule has 2 aromatic rings. The highest BCUT2D eigenvalue weighted by molar-refractivity contribution is 5.97. The molecule has 0 spiro atoms. The molecule has 12 nitrogen and oxygen atoms in total. The lowest BCUT2D eigenvalue weighted by atomic mass is 9.53. The third-order valence-corrected chi connectivity index (χ3v) is 14.3. The molecule has 0 radical (unpaired) electrons. The molecule has 2 aromatic carbocycles. The summed E-state index contributed by atoms with van der Waals surface area (Å²) in [4.78, 5) is 58.3. The summed E-state index contributed by atoms with van der Waals surface area (Å²) in [6.07, 6.45) is 10.7. The van der Waals surface area contributed by atoms with Gasteiger partial charge in [-0.15, -0.1) is 0 Å². The quantitative estimate of drug-likeness (QED) is 0.138. The fraction of sp³-hybridized carbons (Fsp3) is 0.565. The van der Waals surface area contributed by atoms with Gasteiger partial charge in [-0.05, 0) is 101 Å². The molecule has 0 N–H and O–H groups in total. The van der Waals surface area contributed by atoms with Crippen molar-refractivity contribution in [3.63, 3.8) is 0 Å². The molecule has 8 rings (SSSR count). The van der Waals surface area contributed by atoms with Crippen LogP contribution >= 0.6 is 0 Å². The molecule has 4 bridgehead atoms. The van der Waals surface area contributed by atoms with E-state index in [1.54, 1.807) is 28.4 Å². The molecule has 0 saturated carbocycles. The first-order valence-corrected chi connectivity index (χ1v) is 20.8. The first-order chi connectivity index (χ1) is 28.0. The van der Waals surface area contributed by atoms with Crippen molar-refractivity contribution in [2.24, 2.45) is 11.8 Å². The Morgan fingerprint density at radius 1 is 0.621 bits per heavy atom. The predicted molar refractivity (Wildman–Crippen MR) is 214 cm³/mol. The van der Waals surface area contributed by atoms with Gasteiger partial charge in [0, 0.05) is 71.6 Å². The minimum atomic E-state index is -0.513. The first-order valence-electron chi connectivity index (χ1n) is 20.8. The van der Waals surface area contributed by atoms with Gasteiger partial charge in [-0.3, -0.25) is 19.2 Å². The molecule has 0 unspecified atom stereocenters. The van der Waals surface area contributed by atoms with Crippen LogP contribution in [0, 0.1) is 11.8 Å². The molecule has 2 saturated heterocycles. The second kappa shape index (κ2) is 15.8. The molecule has 0 amide bonds. The zero-order valence-corrected chi connectivity index (χ0v) is 34.6. The Balaban J connectivity index is 0.907. The van der Waals surface area contributed by atoms with Crippen LogP contribution < -0.4 is 18.9 Å². The van der Waals surface area contributed by atoms with E-state index in [9.17, 15) is 19.2 Å². The fourth-order valence-electron chi connectivity index (χ4n) is 11.4. The normalized spacial score (nSPS) is 28.4. The number of likely N-dealkylation sites (tertiary alicyclic amines) is 2. The molecular weight excluding hydrogens is 741 g/mol. The van der Waals surface area contributed by atoms with Crippen LogP contribution in [-0.4, -0.2) is 101 Å². The van der Waals surface area contributed by atoms with E-state index in [0.717, 1.165) is 73.9 Å². The number of Topliss-reactive ketones (excluding diaryl/α,β-unsaturated/α-hetero) is 2. The van der Waals surface area contributed by atoms with Gasteiger partial charge in [-0.1, -0.05) is 25.0 Å². The van der Waals surface area contributed by atoms with Crippen LogP contribution in [0.4, 0.5) is 0 Å². The Kier molecular flexibility index (Phi) is 10.9. The van der Waals surface area contributed by atoms with Crippen molar-refractivity contribution in [2.45, 2.75) is 100.0 Å². The van der Waals surface area contributed by atoms with Crippen LogP contribution in [0.3, 0.4) is 0 Å². The Bertz CT molecular complexity index is 1930. The lowest BCUT2D eigenvalue weighted by Gasteiger charge is -2.56. The van der Waals surface area contributed by atoms with Crippen LogP contribution in [0.5, 0.6) is 23.0 Å². The van der Waals surface area contributed by atoms with E-state index in [1.807, 2.05) is 24.3 Å². The molecule has 6 aliphatic rings. The summed E-state index contributed by atoms with van der Waals surface area (Å²) in [5.74, 6) is 1.92. The van der Waals surface area contributed by atoms with E-state index in [0.29, 0.717) is 60.2 Å². The average molecular weight is 797 g/mol. The number of likely N-dealkylation sites (N-methyl/N-ethyl adjacent to an activating group) is 2. The average Bonchev–Trinajstić information content (AvgIpc) is 3.21. The second-order valence-corrected chi connectivity index (χ2v) is 17.2. The number of hydrogen-bond acceptors (Lipinski definition) is 12. The van der Waals surface area contributed by atoms with Crippen molar-refractivity contribution in [1.82, 2.24) is 9.80 Å². The Morgan fingerprint density at radius 2 is 1.03 bits per heavy atom. The van der Waals surface area contributed by atoms with E-state index >= 15 is 0 Å². The molecule has 4 aliphatic carbocycles. The zero-order chi connectivity index (χ0) is 40.9. The zero-order valence-electron chi connectivity index (χ0n) is 34.6. The number of methoxy groups -OCH3 is 4. The van der Waals surface area contributed by atoms with Crippen molar-refractivity contribution in [3.8, 4) is 23.0 Å². The monoisotopic (exact) mass is 796 g/mol. The molecule has 0 aromatic heterocycles. The number of nitrogens with zero attached hydrogens (tertiary/aromatic N) is 2. The second-order valence-electron chi connectivity index (χ2n) is 17.2. The topological polar surface area (TPSA) is 130 Å². The number of piperidine rings is 2. The maximum Gasteiger partial charge on any atom is 0.311 e. The van der Waals surface area contributed by atoms with E-state index < -0.39 is 10.8 Å². The molecule has 310 valence electrons. The molecular formula is C46H56N2O10. The van der Waals surface area contributed by atoms with Crippen LogP contribution in [-0.2, 0) is 52.3 Å². The number of hydrogen-bond donors (Lipinski definition) is 0. The predicted octanol–water partition coefficient (Wildman–Crippen LogP) is 5.79. The first kappa shape index (κ1) is 40.1. The van der Waals surface area contributed by atoms with Crippen molar-refractivity contribution >= 4 is 23.5 Å². The molecule has 12 heteroatoms. The van der Waals surface area contributed by atoms with Crippen LogP contribution in [0.15, 0.2) is 47.9 Å². The van der Waals surface area contributed by atoms with Crippen molar-refractivity contribution in [3.05, 3.63) is 70.2 Å². The summed E-state index contributed by atoms with van der Waals surface area (Å²) >= 11 is 0. The Morgan fingerprint density at radius 3 is 1.41 bits per heavy atom. The summed E-state index contributed by atoms with van der Waals surface area (Å²) < 4.78 is 34.9. The summed E-state index contributed by atoms with van der Waals surface area (Å²) in [6.45, 7) is 1.66. The maximum atomic E-state index is 13.5. The number of esters is 2. The van der Waals surface area contributed by atoms with Gasteiger partial charge in [0.1, 0.15) is 0 Å². The van der Waals surface area contributed by atoms with Gasteiger partial charge in [0.2, 0.25) is 0 Å². The van der Waals surface area contributed by atoms with Gasteiger partial charge < -0.3 is 38.2 Å². The van der Waals surface area contributed by atoms with Crippen molar-refractivity contribution < 1.29 is 47.6 Å². The maximum absolute atomic E-state index is 13.5. The SMILES string of the molecule is COC1=C[C@@H]2[C@@H]3Cc4ccc(OC)c(OC(=O)CCCCCCC(=O)Oc5c(OC)ccc6c5[C@@]57CCN(C)[C@@H](C6)[C@H]5C=C(OC)C(=O)C7)c4[C@]2(CCN3C)CC1=O. The number of unbranched alkanes of at least 4 members (excludes halogenated alkanes) is 3. The smallest absolute Gasteiger partial charge is 0.311 e. The van der Waals surface area contributed by atoms with Gasteiger partial charge in [0.25, 0.3) is 0 Å². The third kappa shape index (κ3) is 6.60. The summed E-state index contributed by atoms with van der Waals surface area (Å²) in [7, 11) is 10.5. The molecule has 58 heavy (non-hydrogen) atoms. The number of ether oxygens (including phenoxy) is 6. The highest BCUT2D eigenvalue weighted by Crippen LogP contribution is 2.59. The number of benzene rings is 2. The Labute approximate surface area is 340 Å². The van der Waals surface area contributed by atoms with Gasteiger partial charge in [0.05, 0.1) is 28.4 Å². The highest BCUT2D eigenvalue weighted by atomic mass is 16.6. The number of rotatable bonds is 13. The van der Waals surface area contributed by atoms with Crippen molar-refractivity contribution in [2.75, 3.05) is 55.6 Å². The highest BCUT2D eigenvalue weighted by Gasteiger charge is 2.58. The molecule has 6 atom stereocenters. The van der Waals surface area contributed by atoms with Gasteiger partial charge >= 0.3 is 11.9 Å². The number of fused-ring (bicyclic) bond motifs is 2. The van der Waals surface area contributed by atoms with E-state index in [2.05, 4.69) is 36.0 Å². The van der Waals surface area contributed by atoms with Crippen LogP contribution in [0.25, 0.3) is 0 Å². The number of allylic oxidation sites excluding steroid dienone is 2. The fourth-order valence-corrected chi connectivity index (χ4v) is 11.4. The molecule has 2 heterocycles.